The largest absolute Gasteiger partial charge is 0.380 e. The number of guanidine groups is 1. The fourth-order valence-corrected chi connectivity index (χ4v) is 5.52. The van der Waals surface area contributed by atoms with Crippen LogP contribution in [0, 0.1) is 0 Å². The van der Waals surface area contributed by atoms with Gasteiger partial charge in [-0.15, -0.1) is 0 Å². The van der Waals surface area contributed by atoms with Crippen LogP contribution in [0.15, 0.2) is 57.2 Å². The van der Waals surface area contributed by atoms with E-state index in [2.05, 4.69) is 26.7 Å². The molecular weight excluding hydrogens is 444 g/mol. The van der Waals surface area contributed by atoms with Crippen molar-refractivity contribution in [2.75, 3.05) is 25.0 Å². The van der Waals surface area contributed by atoms with Gasteiger partial charge in [0.15, 0.2) is 5.84 Å². The Labute approximate surface area is 192 Å². The molecule has 0 atom stereocenters. The molecule has 4 rings (SSSR count). The molecule has 0 bridgehead atoms. The summed E-state index contributed by atoms with van der Waals surface area (Å²) < 4.78 is 31.7. The minimum absolute atomic E-state index is 0.0323. The number of aliphatic imine (C=N–C) groups is 2. The molecule has 4 N–H and O–H groups in total. The van der Waals surface area contributed by atoms with Gasteiger partial charge >= 0.3 is 0 Å². The molecule has 2 heterocycles. The van der Waals surface area contributed by atoms with Crippen LogP contribution < -0.4 is 16.4 Å². The maximum atomic E-state index is 12.4. The average Bonchev–Trinajstić information content (AvgIpc) is 3.56. The Kier molecular flexibility index (Phi) is 6.47. The van der Waals surface area contributed by atoms with E-state index in [4.69, 9.17) is 16.0 Å². The van der Waals surface area contributed by atoms with Crippen molar-refractivity contribution in [2.24, 2.45) is 21.5 Å². The highest BCUT2D eigenvalue weighted by Crippen LogP contribution is 2.35. The first kappa shape index (κ1) is 22.9. The summed E-state index contributed by atoms with van der Waals surface area (Å²) in [4.78, 5) is 14.3. The number of hydrogen-bond donors (Lipinski definition) is 2. The summed E-state index contributed by atoms with van der Waals surface area (Å²) in [5.74, 6) is 0.751. The molecule has 1 aliphatic heterocycles. The zero-order chi connectivity index (χ0) is 23.6. The Morgan fingerprint density at radius 3 is 2.45 bits per heavy atom. The van der Waals surface area contributed by atoms with Crippen molar-refractivity contribution in [1.29, 1.82) is 0 Å². The predicted octanol–water partition coefficient (Wildman–Crippen LogP) is 1.37. The molecule has 0 unspecified atom stereocenters. The van der Waals surface area contributed by atoms with Crippen molar-refractivity contribution < 1.29 is 12.9 Å². The number of aromatic nitrogens is 2. The van der Waals surface area contributed by atoms with Crippen molar-refractivity contribution in [1.82, 2.24) is 14.4 Å². The Balaban J connectivity index is 1.37. The van der Waals surface area contributed by atoms with Gasteiger partial charge in [0.25, 0.3) is 0 Å². The van der Waals surface area contributed by atoms with Crippen LogP contribution in [0.5, 0.6) is 0 Å². The van der Waals surface area contributed by atoms with E-state index in [1.165, 1.54) is 0 Å². The van der Waals surface area contributed by atoms with Crippen LogP contribution in [0.1, 0.15) is 43.3 Å². The molecule has 33 heavy (non-hydrogen) atoms. The van der Waals surface area contributed by atoms with Gasteiger partial charge < -0.3 is 20.9 Å². The minimum Gasteiger partial charge on any atom is -0.380 e. The van der Waals surface area contributed by atoms with Crippen LogP contribution in [-0.4, -0.2) is 60.0 Å². The predicted molar refractivity (Wildman–Crippen MR) is 126 cm³/mol. The van der Waals surface area contributed by atoms with Gasteiger partial charge in [0.2, 0.25) is 27.7 Å². The van der Waals surface area contributed by atoms with Crippen LogP contribution in [0.4, 0.5) is 5.69 Å². The summed E-state index contributed by atoms with van der Waals surface area (Å²) in [7, 11) is -1.35. The lowest BCUT2D eigenvalue weighted by Gasteiger charge is -2.29. The number of rotatable bonds is 7. The van der Waals surface area contributed by atoms with E-state index < -0.39 is 10.0 Å². The van der Waals surface area contributed by atoms with Crippen molar-refractivity contribution in [3.63, 3.8) is 0 Å². The minimum atomic E-state index is -3.16. The summed E-state index contributed by atoms with van der Waals surface area (Å²) >= 11 is 0. The molecule has 2 aliphatic rings. The summed E-state index contributed by atoms with van der Waals surface area (Å²) in [6.07, 6.45) is 2.74. The van der Waals surface area contributed by atoms with Crippen LogP contribution in [0.3, 0.4) is 0 Å². The van der Waals surface area contributed by atoms with Crippen LogP contribution >= 0.6 is 0 Å². The first-order chi connectivity index (χ1) is 15.8. The van der Waals surface area contributed by atoms with Crippen LogP contribution in [0.2, 0.25) is 0 Å². The van der Waals surface area contributed by atoms with E-state index in [0.717, 1.165) is 18.5 Å². The normalized spacial score (nSPS) is 18.9. The highest BCUT2D eigenvalue weighted by Gasteiger charge is 2.41. The molecule has 1 aromatic carbocycles. The first-order valence-electron chi connectivity index (χ1n) is 10.7. The highest BCUT2D eigenvalue weighted by molar-refractivity contribution is 7.90. The number of benzene rings is 1. The van der Waals surface area contributed by atoms with Gasteiger partial charge in [-0.05, 0) is 37.8 Å². The van der Waals surface area contributed by atoms with E-state index in [9.17, 15) is 8.42 Å². The lowest BCUT2D eigenvalue weighted by atomic mass is 9.98. The number of para-hydroxylation sites is 1. The van der Waals surface area contributed by atoms with Gasteiger partial charge in [0.1, 0.15) is 5.82 Å². The zero-order valence-electron chi connectivity index (χ0n) is 18.5. The molecule has 1 saturated carbocycles. The number of amidine groups is 1. The number of nitrogens with zero attached hydrogens (tertiary/aromatic N) is 6. The van der Waals surface area contributed by atoms with E-state index in [-0.39, 0.29) is 28.8 Å². The zero-order valence-corrected chi connectivity index (χ0v) is 19.3. The molecule has 12 heteroatoms. The Morgan fingerprint density at radius 1 is 1.15 bits per heavy atom. The molecule has 1 saturated heterocycles. The van der Waals surface area contributed by atoms with Crippen molar-refractivity contribution >= 4 is 27.5 Å². The number of sulfonamides is 1. The number of hydrogen-bond acceptors (Lipinski definition) is 7. The van der Waals surface area contributed by atoms with Gasteiger partial charge in [-0.25, -0.2) is 12.7 Å². The topological polar surface area (TPSA) is 156 Å². The van der Waals surface area contributed by atoms with Gasteiger partial charge in [-0.2, -0.15) is 15.0 Å². The number of anilines is 1. The van der Waals surface area contributed by atoms with Crippen LogP contribution in [-0.2, 0) is 10.0 Å². The average molecular weight is 473 g/mol. The standard InChI is InChI=1S/C21H28N8O3S/c1-14(28(2)16-6-4-3-5-7-16)24-21(23)25-18(22)19-26-20(32-27-19)15-10-12-29(13-11-15)33(30,31)17-8-9-17/h3-7,15,17H,1,8-13H2,2H3,(H4,22,23,24,25). The third-order valence-electron chi connectivity index (χ3n) is 5.79. The molecule has 2 fully saturated rings. The molecule has 11 nitrogen and oxygen atoms in total. The van der Waals surface area contributed by atoms with Gasteiger partial charge in [-0.1, -0.05) is 29.9 Å². The fraction of sp³-hybridized carbons (Fsp3) is 0.429. The molecule has 1 aromatic heterocycles. The maximum Gasteiger partial charge on any atom is 0.237 e. The van der Waals surface area contributed by atoms with Gasteiger partial charge in [-0.3, -0.25) is 0 Å². The second kappa shape index (κ2) is 9.32. The van der Waals surface area contributed by atoms with E-state index >= 15 is 0 Å². The second-order valence-electron chi connectivity index (χ2n) is 8.15. The Bertz CT molecular complexity index is 1160. The highest BCUT2D eigenvalue weighted by atomic mass is 32.2. The van der Waals surface area contributed by atoms with E-state index in [0.29, 0.717) is 37.6 Å². The fourth-order valence-electron chi connectivity index (χ4n) is 3.65. The van der Waals surface area contributed by atoms with Crippen molar-refractivity contribution in [3.05, 3.63) is 54.4 Å². The summed E-state index contributed by atoms with van der Waals surface area (Å²) in [5, 5.41) is 3.70. The molecule has 0 radical (unpaired) electrons. The Hall–Kier alpha value is -3.25. The van der Waals surface area contributed by atoms with Gasteiger partial charge in [0, 0.05) is 31.7 Å². The van der Waals surface area contributed by atoms with Crippen molar-refractivity contribution in [2.45, 2.75) is 36.9 Å². The van der Waals surface area contributed by atoms with E-state index in [1.54, 1.807) is 9.21 Å². The molecule has 0 amide bonds. The van der Waals surface area contributed by atoms with Crippen LogP contribution in [0.25, 0.3) is 0 Å². The SMILES string of the molecule is C=C(N=C(N)N=C(N)c1noc(C2CCN(S(=O)(=O)C3CC3)CC2)n1)N(C)c1ccccc1. The molecular formula is C21H28N8O3S. The summed E-state index contributed by atoms with van der Waals surface area (Å²) in [6, 6.07) is 9.57. The molecule has 176 valence electrons. The first-order valence-corrected chi connectivity index (χ1v) is 12.2. The third kappa shape index (κ3) is 5.22. The summed E-state index contributed by atoms with van der Waals surface area (Å²) in [6.45, 7) is 4.80. The monoisotopic (exact) mass is 472 g/mol. The van der Waals surface area contributed by atoms with Gasteiger partial charge in [0.05, 0.1) is 5.25 Å². The third-order valence-corrected chi connectivity index (χ3v) is 8.19. The van der Waals surface area contributed by atoms with Crippen molar-refractivity contribution in [3.8, 4) is 0 Å². The molecule has 2 aromatic rings. The number of nitrogens with two attached hydrogens (primary N) is 2. The number of piperidine rings is 1. The summed E-state index contributed by atoms with van der Waals surface area (Å²) in [5.41, 5.74) is 12.8. The Morgan fingerprint density at radius 2 is 1.82 bits per heavy atom. The lowest BCUT2D eigenvalue weighted by Crippen LogP contribution is -2.39. The lowest BCUT2D eigenvalue weighted by molar-refractivity contribution is 0.270. The smallest absolute Gasteiger partial charge is 0.237 e. The van der Waals surface area contributed by atoms with E-state index in [1.807, 2.05) is 37.4 Å². The maximum absolute atomic E-state index is 12.4. The molecule has 0 spiro atoms. The second-order valence-corrected chi connectivity index (χ2v) is 10.4. The quantitative estimate of drug-likeness (QED) is 0.452. The molecule has 1 aliphatic carbocycles.